The third-order valence-electron chi connectivity index (χ3n) is 4.36. The predicted octanol–water partition coefficient (Wildman–Crippen LogP) is 3.05. The second-order valence-corrected chi connectivity index (χ2v) is 6.01. The first-order valence-electron chi connectivity index (χ1n) is 8.02. The van der Waals surface area contributed by atoms with Crippen molar-refractivity contribution in [3.05, 3.63) is 59.4 Å². The summed E-state index contributed by atoms with van der Waals surface area (Å²) in [5.41, 5.74) is 2.91. The zero-order chi connectivity index (χ0) is 17.8. The number of rotatable bonds is 2. The molecule has 0 unspecified atom stereocenters. The molecule has 4 aromatic heterocycles. The van der Waals surface area contributed by atoms with Gasteiger partial charge in [0.15, 0.2) is 11.5 Å². The molecule has 26 heavy (non-hydrogen) atoms. The normalized spacial score (nSPS) is 11.6. The van der Waals surface area contributed by atoms with Crippen molar-refractivity contribution in [1.29, 1.82) is 0 Å². The molecule has 0 N–H and O–H groups in total. The van der Waals surface area contributed by atoms with Gasteiger partial charge < -0.3 is 14.1 Å². The molecular formula is C18H13N5O3. The van der Waals surface area contributed by atoms with E-state index in [9.17, 15) is 5.21 Å². The Kier molecular flexibility index (Phi) is 2.90. The Morgan fingerprint density at radius 2 is 1.96 bits per heavy atom. The number of aromatic nitrogens is 5. The zero-order valence-electron chi connectivity index (χ0n) is 14.0. The number of benzene rings is 1. The highest BCUT2D eigenvalue weighted by Crippen LogP contribution is 2.28. The molecule has 0 aliphatic rings. The fourth-order valence-corrected chi connectivity index (χ4v) is 3.12. The lowest BCUT2D eigenvalue weighted by Crippen LogP contribution is -2.32. The topological polar surface area (TPSA) is 96.3 Å². The Bertz CT molecular complexity index is 1280. The molecule has 0 atom stereocenters. The van der Waals surface area contributed by atoms with Crippen molar-refractivity contribution in [3.8, 4) is 23.2 Å². The Morgan fingerprint density at radius 1 is 1.12 bits per heavy atom. The van der Waals surface area contributed by atoms with Gasteiger partial charge in [0.2, 0.25) is 17.0 Å². The zero-order valence-corrected chi connectivity index (χ0v) is 14.0. The summed E-state index contributed by atoms with van der Waals surface area (Å²) in [4.78, 5) is 8.79. The van der Waals surface area contributed by atoms with Crippen LogP contribution in [0, 0.1) is 19.1 Å². The van der Waals surface area contributed by atoms with Crippen molar-refractivity contribution in [2.75, 3.05) is 0 Å². The summed E-state index contributed by atoms with van der Waals surface area (Å²) >= 11 is 0. The van der Waals surface area contributed by atoms with Crippen molar-refractivity contribution >= 4 is 16.6 Å². The smallest absolute Gasteiger partial charge is 0.279 e. The summed E-state index contributed by atoms with van der Waals surface area (Å²) in [5.74, 6) is 1.84. The fourth-order valence-electron chi connectivity index (χ4n) is 3.12. The van der Waals surface area contributed by atoms with Crippen molar-refractivity contribution in [3.63, 3.8) is 0 Å². The summed E-state index contributed by atoms with van der Waals surface area (Å²) < 4.78 is 13.7. The Morgan fingerprint density at radius 3 is 2.77 bits per heavy atom. The number of para-hydroxylation sites is 2. The number of imidazole rings is 1. The van der Waals surface area contributed by atoms with Crippen LogP contribution in [0.2, 0.25) is 0 Å². The number of fused-ring (bicyclic) bond motifs is 3. The van der Waals surface area contributed by atoms with Crippen molar-refractivity contribution in [1.82, 2.24) is 19.5 Å². The lowest BCUT2D eigenvalue weighted by Gasteiger charge is -2.08. The van der Waals surface area contributed by atoms with Gasteiger partial charge in [0.05, 0.1) is 0 Å². The van der Waals surface area contributed by atoms with Gasteiger partial charge in [-0.25, -0.2) is 4.98 Å². The summed E-state index contributed by atoms with van der Waals surface area (Å²) in [7, 11) is 0. The van der Waals surface area contributed by atoms with Gasteiger partial charge in [0, 0.05) is 13.0 Å². The van der Waals surface area contributed by atoms with Gasteiger partial charge in [-0.15, -0.1) is 0 Å². The van der Waals surface area contributed by atoms with Crippen LogP contribution in [-0.4, -0.2) is 19.5 Å². The maximum atomic E-state index is 12.6. The van der Waals surface area contributed by atoms with E-state index in [0.29, 0.717) is 34.0 Å². The van der Waals surface area contributed by atoms with Crippen molar-refractivity contribution < 1.29 is 13.7 Å². The van der Waals surface area contributed by atoms with Crippen LogP contribution >= 0.6 is 0 Å². The van der Waals surface area contributed by atoms with Gasteiger partial charge >= 0.3 is 0 Å². The van der Waals surface area contributed by atoms with Gasteiger partial charge in [-0.2, -0.15) is 9.71 Å². The molecule has 0 amide bonds. The summed E-state index contributed by atoms with van der Waals surface area (Å²) in [6.45, 7) is 3.59. The third kappa shape index (κ3) is 1.95. The monoisotopic (exact) mass is 347 g/mol. The van der Waals surface area contributed by atoms with E-state index in [1.165, 1.54) is 0 Å². The number of nitrogens with zero attached hydrogens (tertiary/aromatic N) is 5. The van der Waals surface area contributed by atoms with Gasteiger partial charge in [-0.05, 0) is 25.1 Å². The van der Waals surface area contributed by atoms with Gasteiger partial charge in [0.1, 0.15) is 23.1 Å². The molecule has 128 valence electrons. The van der Waals surface area contributed by atoms with Crippen LogP contribution in [0.1, 0.15) is 11.5 Å². The molecule has 8 heteroatoms. The molecule has 5 rings (SSSR count). The lowest BCUT2D eigenvalue weighted by molar-refractivity contribution is -0.583. The van der Waals surface area contributed by atoms with Crippen LogP contribution in [0.5, 0.6) is 0 Å². The van der Waals surface area contributed by atoms with E-state index < -0.39 is 0 Å². The van der Waals surface area contributed by atoms with E-state index in [0.717, 1.165) is 16.0 Å². The number of furan rings is 1. The fraction of sp³-hybridized carbons (Fsp3) is 0.111. The Balaban J connectivity index is 1.75. The first-order chi connectivity index (χ1) is 12.6. The predicted molar refractivity (Wildman–Crippen MR) is 92.1 cm³/mol. The second kappa shape index (κ2) is 5.16. The van der Waals surface area contributed by atoms with E-state index in [2.05, 4.69) is 15.1 Å². The molecule has 4 heterocycles. The standard InChI is InChI=1S/C18H13N5O3/c1-10-7-8-14(25-10)17-20-18(26-21-17)15-16-11(2)23(24)13-6-4-3-5-12(13)22(16)9-19-15/h3-9H,1-2H3. The molecule has 0 fully saturated rings. The average molecular weight is 347 g/mol. The summed E-state index contributed by atoms with van der Waals surface area (Å²) in [6.07, 6.45) is 1.65. The van der Waals surface area contributed by atoms with E-state index in [1.807, 2.05) is 35.6 Å². The van der Waals surface area contributed by atoms with E-state index >= 15 is 0 Å². The van der Waals surface area contributed by atoms with Gasteiger partial charge in [-0.1, -0.05) is 17.3 Å². The average Bonchev–Trinajstić information content (AvgIpc) is 3.38. The summed E-state index contributed by atoms with van der Waals surface area (Å²) in [6, 6.07) is 11.0. The number of aryl methyl sites for hydroxylation is 2. The van der Waals surface area contributed by atoms with E-state index in [-0.39, 0.29) is 5.89 Å². The van der Waals surface area contributed by atoms with E-state index in [1.54, 1.807) is 25.4 Å². The molecule has 1 aromatic carbocycles. The first-order valence-corrected chi connectivity index (χ1v) is 8.02. The van der Waals surface area contributed by atoms with Crippen LogP contribution in [0.3, 0.4) is 0 Å². The molecule has 0 saturated heterocycles. The van der Waals surface area contributed by atoms with Crippen LogP contribution in [-0.2, 0) is 0 Å². The quantitative estimate of drug-likeness (QED) is 0.360. The number of hydrogen-bond donors (Lipinski definition) is 0. The Hall–Kier alpha value is -3.68. The minimum atomic E-state index is 0.231. The van der Waals surface area contributed by atoms with Crippen molar-refractivity contribution in [2.45, 2.75) is 13.8 Å². The minimum absolute atomic E-state index is 0.231. The van der Waals surface area contributed by atoms with Crippen LogP contribution in [0.15, 0.2) is 51.7 Å². The highest BCUT2D eigenvalue weighted by molar-refractivity contribution is 5.82. The molecule has 0 saturated carbocycles. The molecular weight excluding hydrogens is 334 g/mol. The second-order valence-electron chi connectivity index (χ2n) is 6.01. The highest BCUT2D eigenvalue weighted by atomic mass is 16.5. The maximum absolute atomic E-state index is 12.6. The highest BCUT2D eigenvalue weighted by Gasteiger charge is 2.24. The molecule has 0 aliphatic carbocycles. The Labute approximate surface area is 146 Å². The molecule has 0 spiro atoms. The molecule has 0 aliphatic heterocycles. The van der Waals surface area contributed by atoms with Crippen LogP contribution < -0.4 is 4.73 Å². The molecule has 0 bridgehead atoms. The number of hydrogen-bond acceptors (Lipinski definition) is 6. The molecule has 0 radical (unpaired) electrons. The summed E-state index contributed by atoms with van der Waals surface area (Å²) in [5, 5.41) is 16.6. The first kappa shape index (κ1) is 14.6. The SMILES string of the molecule is Cc1ccc(-c2noc(-c3ncn4c3c(C)[n+]([O-])c3ccccc34)n2)o1. The van der Waals surface area contributed by atoms with Gasteiger partial charge in [-0.3, -0.25) is 4.40 Å². The molecule has 5 aromatic rings. The van der Waals surface area contributed by atoms with Gasteiger partial charge in [0.25, 0.3) is 5.89 Å². The third-order valence-corrected chi connectivity index (χ3v) is 4.36. The minimum Gasteiger partial charge on any atom is -0.618 e. The van der Waals surface area contributed by atoms with Crippen molar-refractivity contribution in [2.24, 2.45) is 0 Å². The van der Waals surface area contributed by atoms with Crippen LogP contribution in [0.25, 0.3) is 39.7 Å². The largest absolute Gasteiger partial charge is 0.618 e. The molecule has 8 nitrogen and oxygen atoms in total. The van der Waals surface area contributed by atoms with Crippen LogP contribution in [0.4, 0.5) is 0 Å². The van der Waals surface area contributed by atoms with E-state index in [4.69, 9.17) is 8.94 Å². The maximum Gasteiger partial charge on any atom is 0.279 e. The lowest BCUT2D eigenvalue weighted by atomic mass is 10.2.